The number of H-pyrrole nitrogens is 1. The molecule has 1 heterocycles. The Morgan fingerprint density at radius 3 is 2.35 bits per heavy atom. The Bertz CT molecular complexity index is 1190. The minimum Gasteiger partial charge on any atom is -0.383 e. The predicted molar refractivity (Wildman–Crippen MR) is 139 cm³/mol. The van der Waals surface area contributed by atoms with E-state index < -0.39 is 11.2 Å². The Morgan fingerprint density at radius 1 is 1.06 bits per heavy atom. The molecule has 1 amide bonds. The topological polar surface area (TPSA) is 101 Å². The fraction of sp³-hybridized carbons (Fsp3) is 0.346. The number of nitrogens with two attached hydrogens (primary N) is 1. The van der Waals surface area contributed by atoms with Crippen LogP contribution in [0.15, 0.2) is 75.1 Å². The van der Waals surface area contributed by atoms with Crippen LogP contribution in [0.1, 0.15) is 38.7 Å². The third-order valence-corrected chi connectivity index (χ3v) is 6.54. The number of aromatic amines is 1. The van der Waals surface area contributed by atoms with Gasteiger partial charge in [0, 0.05) is 17.9 Å². The first-order chi connectivity index (χ1) is 16.4. The number of nitrogens with zero attached hydrogens (tertiary/aromatic N) is 2. The van der Waals surface area contributed by atoms with Gasteiger partial charge in [-0.2, -0.15) is 0 Å². The molecule has 0 fully saturated rings. The van der Waals surface area contributed by atoms with Crippen LogP contribution < -0.4 is 21.9 Å². The second-order valence-electron chi connectivity index (χ2n) is 8.56. The van der Waals surface area contributed by atoms with Gasteiger partial charge in [-0.05, 0) is 42.2 Å². The number of hydrogen-bond acceptors (Lipinski definition) is 5. The summed E-state index contributed by atoms with van der Waals surface area (Å²) in [6.45, 7) is 4.68. The van der Waals surface area contributed by atoms with Gasteiger partial charge in [-0.1, -0.05) is 62.4 Å². The van der Waals surface area contributed by atoms with Gasteiger partial charge >= 0.3 is 5.69 Å². The molecule has 0 spiro atoms. The van der Waals surface area contributed by atoms with Crippen molar-refractivity contribution in [3.8, 4) is 0 Å². The van der Waals surface area contributed by atoms with E-state index in [1.54, 1.807) is 11.8 Å². The van der Waals surface area contributed by atoms with E-state index in [1.807, 2.05) is 60.7 Å². The van der Waals surface area contributed by atoms with Crippen LogP contribution in [0.25, 0.3) is 0 Å². The number of nitrogens with one attached hydrogen (secondary N) is 1. The molecule has 0 bridgehead atoms. The number of thioether (sulfide) groups is 1. The van der Waals surface area contributed by atoms with Crippen LogP contribution >= 0.6 is 11.8 Å². The Morgan fingerprint density at radius 2 is 1.71 bits per heavy atom. The second kappa shape index (κ2) is 12.3. The molecule has 7 nitrogen and oxygen atoms in total. The molecular formula is C26H32N4O3S. The molecule has 3 aromatic rings. The summed E-state index contributed by atoms with van der Waals surface area (Å²) in [5.74, 6) is 0.955. The first-order valence-corrected chi connectivity index (χ1v) is 12.5. The van der Waals surface area contributed by atoms with Crippen LogP contribution in [0.2, 0.25) is 0 Å². The molecule has 0 atom stereocenters. The maximum Gasteiger partial charge on any atom is 0.330 e. The Labute approximate surface area is 204 Å². The molecule has 3 N–H and O–H groups in total. The molecule has 0 radical (unpaired) electrons. The Hall–Kier alpha value is -3.26. The number of amides is 1. The number of aromatic nitrogens is 2. The lowest BCUT2D eigenvalue weighted by molar-refractivity contribution is -0.118. The zero-order chi connectivity index (χ0) is 24.5. The SMILES string of the molecule is CC(C)CCN(C(=O)CCCSc1ccccc1)c1c(N)n(Cc2ccccc2)c(=O)[nH]c1=O. The maximum atomic E-state index is 13.2. The van der Waals surface area contributed by atoms with Crippen molar-refractivity contribution in [1.29, 1.82) is 0 Å². The van der Waals surface area contributed by atoms with Crippen molar-refractivity contribution in [3.05, 3.63) is 87.1 Å². The summed E-state index contributed by atoms with van der Waals surface area (Å²) in [7, 11) is 0. The van der Waals surface area contributed by atoms with Gasteiger partial charge in [0.25, 0.3) is 5.56 Å². The zero-order valence-corrected chi connectivity index (χ0v) is 20.5. The quantitative estimate of drug-likeness (QED) is 0.318. The first-order valence-electron chi connectivity index (χ1n) is 11.5. The van der Waals surface area contributed by atoms with Crippen LogP contribution in [-0.4, -0.2) is 27.8 Å². The molecule has 3 rings (SSSR count). The molecule has 0 saturated heterocycles. The standard InChI is InChI=1S/C26H32N4O3S/c1-19(2)15-16-29(22(31)14-9-17-34-21-12-7-4-8-13-21)23-24(27)30(26(33)28-25(23)32)18-20-10-5-3-6-11-20/h3-8,10-13,19H,9,14-18,27H2,1-2H3,(H,28,32,33). The lowest BCUT2D eigenvalue weighted by Gasteiger charge is -2.25. The highest BCUT2D eigenvalue weighted by Gasteiger charge is 2.24. The Kier molecular flexibility index (Phi) is 9.16. The van der Waals surface area contributed by atoms with Crippen LogP contribution in [0, 0.1) is 5.92 Å². The van der Waals surface area contributed by atoms with E-state index in [0.29, 0.717) is 25.3 Å². The molecular weight excluding hydrogens is 448 g/mol. The van der Waals surface area contributed by atoms with Crippen molar-refractivity contribution >= 4 is 29.2 Å². The molecule has 34 heavy (non-hydrogen) atoms. The van der Waals surface area contributed by atoms with Crippen molar-refractivity contribution in [1.82, 2.24) is 9.55 Å². The number of benzene rings is 2. The van der Waals surface area contributed by atoms with Crippen molar-refractivity contribution < 1.29 is 4.79 Å². The molecule has 8 heteroatoms. The summed E-state index contributed by atoms with van der Waals surface area (Å²) >= 11 is 1.69. The number of carbonyl (C=O) groups excluding carboxylic acids is 1. The van der Waals surface area contributed by atoms with Gasteiger partial charge in [0.1, 0.15) is 5.82 Å². The fourth-order valence-electron chi connectivity index (χ4n) is 3.57. The lowest BCUT2D eigenvalue weighted by atomic mass is 10.1. The van der Waals surface area contributed by atoms with E-state index in [2.05, 4.69) is 18.8 Å². The van der Waals surface area contributed by atoms with E-state index in [-0.39, 0.29) is 30.4 Å². The highest BCUT2D eigenvalue weighted by Crippen LogP contribution is 2.22. The van der Waals surface area contributed by atoms with E-state index in [4.69, 9.17) is 5.73 Å². The largest absolute Gasteiger partial charge is 0.383 e. The lowest BCUT2D eigenvalue weighted by Crippen LogP contribution is -2.42. The third-order valence-electron chi connectivity index (χ3n) is 5.45. The third kappa shape index (κ3) is 6.87. The number of nitrogen functional groups attached to an aromatic ring is 1. The summed E-state index contributed by atoms with van der Waals surface area (Å²) in [6, 6.07) is 19.4. The van der Waals surface area contributed by atoms with Crippen LogP contribution in [-0.2, 0) is 11.3 Å². The summed E-state index contributed by atoms with van der Waals surface area (Å²) < 4.78 is 1.31. The van der Waals surface area contributed by atoms with Crippen molar-refractivity contribution in [2.45, 2.75) is 44.6 Å². The van der Waals surface area contributed by atoms with Crippen LogP contribution in [0.3, 0.4) is 0 Å². The Balaban J connectivity index is 1.82. The van der Waals surface area contributed by atoms with Gasteiger partial charge in [0.05, 0.1) is 6.54 Å². The molecule has 0 aliphatic rings. The molecule has 180 valence electrons. The molecule has 0 aliphatic heterocycles. The highest BCUT2D eigenvalue weighted by molar-refractivity contribution is 7.99. The molecule has 2 aromatic carbocycles. The first kappa shape index (κ1) is 25.4. The predicted octanol–water partition coefficient (Wildman–Crippen LogP) is 4.12. The zero-order valence-electron chi connectivity index (χ0n) is 19.7. The van der Waals surface area contributed by atoms with Gasteiger partial charge in [-0.25, -0.2) is 4.79 Å². The smallest absolute Gasteiger partial charge is 0.330 e. The number of anilines is 2. The minimum atomic E-state index is -0.637. The van der Waals surface area contributed by atoms with Crippen molar-refractivity contribution in [2.24, 2.45) is 5.92 Å². The van der Waals surface area contributed by atoms with Gasteiger partial charge in [-0.15, -0.1) is 11.8 Å². The molecule has 0 saturated carbocycles. The van der Waals surface area contributed by atoms with Gasteiger partial charge < -0.3 is 10.6 Å². The average Bonchev–Trinajstić information content (AvgIpc) is 2.82. The summed E-state index contributed by atoms with van der Waals surface area (Å²) in [5.41, 5.74) is 6.05. The van der Waals surface area contributed by atoms with Gasteiger partial charge in [0.2, 0.25) is 5.91 Å². The summed E-state index contributed by atoms with van der Waals surface area (Å²) in [4.78, 5) is 43.6. The average molecular weight is 481 g/mol. The van der Waals surface area contributed by atoms with E-state index in [1.165, 1.54) is 9.47 Å². The van der Waals surface area contributed by atoms with Crippen LogP contribution in [0.4, 0.5) is 11.5 Å². The molecule has 1 aromatic heterocycles. The second-order valence-corrected chi connectivity index (χ2v) is 9.73. The number of carbonyl (C=O) groups is 1. The fourth-order valence-corrected chi connectivity index (χ4v) is 4.45. The number of rotatable bonds is 11. The molecule has 0 aliphatic carbocycles. The highest BCUT2D eigenvalue weighted by atomic mass is 32.2. The van der Waals surface area contributed by atoms with Crippen molar-refractivity contribution in [2.75, 3.05) is 22.9 Å². The van der Waals surface area contributed by atoms with E-state index >= 15 is 0 Å². The number of hydrogen-bond donors (Lipinski definition) is 2. The monoisotopic (exact) mass is 480 g/mol. The summed E-state index contributed by atoms with van der Waals surface area (Å²) in [5, 5.41) is 0. The minimum absolute atomic E-state index is 0.00775. The van der Waals surface area contributed by atoms with E-state index in [9.17, 15) is 14.4 Å². The molecule has 0 unspecified atom stereocenters. The summed E-state index contributed by atoms with van der Waals surface area (Å²) in [6.07, 6.45) is 1.66. The van der Waals surface area contributed by atoms with E-state index in [0.717, 1.165) is 16.2 Å². The van der Waals surface area contributed by atoms with Crippen LogP contribution in [0.5, 0.6) is 0 Å². The van der Waals surface area contributed by atoms with Gasteiger partial charge in [-0.3, -0.25) is 19.1 Å². The maximum absolute atomic E-state index is 13.2. The van der Waals surface area contributed by atoms with Gasteiger partial charge in [0.15, 0.2) is 5.69 Å². The van der Waals surface area contributed by atoms with Crippen molar-refractivity contribution in [3.63, 3.8) is 0 Å². The normalized spacial score (nSPS) is 11.0.